The Kier molecular flexibility index (Phi) is 4.53. The van der Waals surface area contributed by atoms with Crippen LogP contribution in [0.5, 0.6) is 0 Å². The van der Waals surface area contributed by atoms with Crippen LogP contribution < -0.4 is 5.32 Å². The highest BCUT2D eigenvalue weighted by molar-refractivity contribution is 5.97. The molecule has 0 spiro atoms. The van der Waals surface area contributed by atoms with Crippen LogP contribution in [0.3, 0.4) is 0 Å². The summed E-state index contributed by atoms with van der Waals surface area (Å²) in [6, 6.07) is 21.0. The molecule has 1 aromatic heterocycles. The van der Waals surface area contributed by atoms with Crippen LogP contribution in [0.1, 0.15) is 5.56 Å². The Morgan fingerprint density at radius 1 is 1.04 bits per heavy atom. The monoisotopic (exact) mass is 361 g/mol. The first-order chi connectivity index (χ1) is 13.2. The number of hydrogen-bond donors (Lipinski definition) is 2. The number of halogens is 1. The summed E-state index contributed by atoms with van der Waals surface area (Å²) < 4.78 is 18.4. The second-order valence-electron chi connectivity index (χ2n) is 6.03. The van der Waals surface area contributed by atoms with E-state index in [0.717, 1.165) is 22.0 Å². The molecular weight excluding hydrogens is 345 g/mol. The van der Waals surface area contributed by atoms with Crippen LogP contribution in [0.2, 0.25) is 0 Å². The summed E-state index contributed by atoms with van der Waals surface area (Å²) in [5.74, 6) is -0.304. The number of ether oxygens (including phenoxy) is 1. The molecule has 3 aromatic carbocycles. The molecule has 2 N–H and O–H groups in total. The van der Waals surface area contributed by atoms with Gasteiger partial charge in [-0.05, 0) is 48.0 Å². The minimum Gasteiger partial charge on any atom is -0.444 e. The maximum atomic E-state index is 13.2. The molecule has 134 valence electrons. The van der Waals surface area contributed by atoms with Gasteiger partial charge < -0.3 is 4.74 Å². The number of aromatic nitrogens is 2. The Balaban J connectivity index is 1.51. The maximum Gasteiger partial charge on any atom is 0.411 e. The number of carbonyl (C=O) groups excluding carboxylic acids is 1. The second-order valence-corrected chi connectivity index (χ2v) is 6.03. The van der Waals surface area contributed by atoms with E-state index >= 15 is 0 Å². The average Bonchev–Trinajstić information content (AvgIpc) is 3.11. The Morgan fingerprint density at radius 3 is 2.59 bits per heavy atom. The molecule has 1 amide bonds. The van der Waals surface area contributed by atoms with E-state index in [2.05, 4.69) is 15.5 Å². The van der Waals surface area contributed by atoms with Gasteiger partial charge >= 0.3 is 6.09 Å². The van der Waals surface area contributed by atoms with E-state index < -0.39 is 6.09 Å². The lowest BCUT2D eigenvalue weighted by Gasteiger charge is -2.07. The molecule has 6 heteroatoms. The maximum absolute atomic E-state index is 13.2. The van der Waals surface area contributed by atoms with Crippen molar-refractivity contribution in [1.29, 1.82) is 0 Å². The zero-order chi connectivity index (χ0) is 18.6. The largest absolute Gasteiger partial charge is 0.444 e. The molecule has 27 heavy (non-hydrogen) atoms. The van der Waals surface area contributed by atoms with Gasteiger partial charge in [0.1, 0.15) is 12.4 Å². The van der Waals surface area contributed by atoms with Crippen molar-refractivity contribution in [1.82, 2.24) is 10.2 Å². The third-order valence-electron chi connectivity index (χ3n) is 4.14. The lowest BCUT2D eigenvalue weighted by molar-refractivity contribution is 0.155. The van der Waals surface area contributed by atoms with Crippen molar-refractivity contribution in [3.05, 3.63) is 84.2 Å². The summed E-state index contributed by atoms with van der Waals surface area (Å²) in [7, 11) is 0. The number of carbonyl (C=O) groups is 1. The SMILES string of the molecule is O=C(Nc1ccc2[nH]nc(-c3ccc(F)cc3)c2c1)OCc1ccccc1. The number of nitrogens with zero attached hydrogens (tertiary/aromatic N) is 1. The van der Waals surface area contributed by atoms with E-state index in [9.17, 15) is 9.18 Å². The smallest absolute Gasteiger partial charge is 0.411 e. The van der Waals surface area contributed by atoms with Gasteiger partial charge in [-0.15, -0.1) is 0 Å². The third-order valence-corrected chi connectivity index (χ3v) is 4.14. The van der Waals surface area contributed by atoms with Crippen molar-refractivity contribution in [2.75, 3.05) is 5.32 Å². The molecule has 5 nitrogen and oxygen atoms in total. The predicted molar refractivity (Wildman–Crippen MR) is 102 cm³/mol. The number of H-pyrrole nitrogens is 1. The van der Waals surface area contributed by atoms with Crippen molar-refractivity contribution < 1.29 is 13.9 Å². The number of aromatic amines is 1. The molecule has 4 aromatic rings. The van der Waals surface area contributed by atoms with Gasteiger partial charge in [0.05, 0.1) is 11.2 Å². The van der Waals surface area contributed by atoms with Gasteiger partial charge in [0, 0.05) is 16.6 Å². The van der Waals surface area contributed by atoms with Crippen LogP contribution >= 0.6 is 0 Å². The zero-order valence-electron chi connectivity index (χ0n) is 14.3. The molecule has 4 rings (SSSR count). The number of nitrogens with one attached hydrogen (secondary N) is 2. The number of anilines is 1. The number of benzene rings is 3. The van der Waals surface area contributed by atoms with E-state index in [1.54, 1.807) is 24.3 Å². The highest BCUT2D eigenvalue weighted by Gasteiger charge is 2.11. The molecule has 0 bridgehead atoms. The van der Waals surface area contributed by atoms with Gasteiger partial charge in [0.15, 0.2) is 0 Å². The number of rotatable bonds is 4. The molecule has 0 unspecified atom stereocenters. The van der Waals surface area contributed by atoms with Gasteiger partial charge in [-0.2, -0.15) is 5.10 Å². The molecule has 1 heterocycles. The summed E-state index contributed by atoms with van der Waals surface area (Å²) in [6.45, 7) is 0.196. The first-order valence-electron chi connectivity index (χ1n) is 8.41. The van der Waals surface area contributed by atoms with E-state index in [1.807, 2.05) is 36.4 Å². The molecule has 0 saturated heterocycles. The highest BCUT2D eigenvalue weighted by Crippen LogP contribution is 2.28. The molecule has 0 aliphatic rings. The van der Waals surface area contributed by atoms with Crippen LogP contribution in [0.4, 0.5) is 14.9 Å². The molecule has 0 aliphatic heterocycles. The normalized spacial score (nSPS) is 10.7. The summed E-state index contributed by atoms with van der Waals surface area (Å²) in [5, 5.41) is 10.8. The van der Waals surface area contributed by atoms with Crippen molar-refractivity contribution in [2.45, 2.75) is 6.61 Å². The average molecular weight is 361 g/mol. The molecule has 0 radical (unpaired) electrons. The van der Waals surface area contributed by atoms with E-state index in [4.69, 9.17) is 4.74 Å². The minimum absolute atomic E-state index is 0.196. The van der Waals surface area contributed by atoms with Gasteiger partial charge in [-0.25, -0.2) is 9.18 Å². The molecular formula is C21H16FN3O2. The lowest BCUT2D eigenvalue weighted by Crippen LogP contribution is -2.13. The first-order valence-corrected chi connectivity index (χ1v) is 8.41. The van der Waals surface area contributed by atoms with Crippen LogP contribution in [-0.2, 0) is 11.3 Å². The Bertz CT molecular complexity index is 1080. The van der Waals surface area contributed by atoms with Gasteiger partial charge in [-0.3, -0.25) is 10.4 Å². The molecule has 0 fully saturated rings. The van der Waals surface area contributed by atoms with Crippen LogP contribution in [-0.4, -0.2) is 16.3 Å². The van der Waals surface area contributed by atoms with Crippen LogP contribution in [0, 0.1) is 5.82 Å². The Hall–Kier alpha value is -3.67. The van der Waals surface area contributed by atoms with Gasteiger partial charge in [-0.1, -0.05) is 30.3 Å². The summed E-state index contributed by atoms with van der Waals surface area (Å²) in [4.78, 5) is 12.1. The van der Waals surface area contributed by atoms with Crippen molar-refractivity contribution >= 4 is 22.7 Å². The summed E-state index contributed by atoms with van der Waals surface area (Å²) >= 11 is 0. The van der Waals surface area contributed by atoms with Crippen LogP contribution in [0.15, 0.2) is 72.8 Å². The van der Waals surface area contributed by atoms with Crippen molar-refractivity contribution in [3.8, 4) is 11.3 Å². The van der Waals surface area contributed by atoms with Gasteiger partial charge in [0.25, 0.3) is 0 Å². The van der Waals surface area contributed by atoms with E-state index in [-0.39, 0.29) is 12.4 Å². The zero-order valence-corrected chi connectivity index (χ0v) is 14.3. The van der Waals surface area contributed by atoms with Gasteiger partial charge in [0.2, 0.25) is 0 Å². The van der Waals surface area contributed by atoms with E-state index in [0.29, 0.717) is 11.4 Å². The molecule has 0 saturated carbocycles. The lowest BCUT2D eigenvalue weighted by atomic mass is 10.1. The number of amides is 1. The Labute approximate surface area is 154 Å². The topological polar surface area (TPSA) is 67.0 Å². The Morgan fingerprint density at radius 2 is 1.81 bits per heavy atom. The third kappa shape index (κ3) is 3.79. The number of fused-ring (bicyclic) bond motifs is 1. The fraction of sp³-hybridized carbons (Fsp3) is 0.0476. The first kappa shape index (κ1) is 16.8. The summed E-state index contributed by atoms with van der Waals surface area (Å²) in [5.41, 5.74) is 3.79. The van der Waals surface area contributed by atoms with E-state index in [1.165, 1.54) is 12.1 Å². The van der Waals surface area contributed by atoms with Crippen LogP contribution in [0.25, 0.3) is 22.2 Å². The standard InChI is InChI=1S/C21H16FN3O2/c22-16-8-6-15(7-9-16)20-18-12-17(10-11-19(18)24-25-20)23-21(26)27-13-14-4-2-1-3-5-14/h1-12H,13H2,(H,23,26)(H,24,25). The van der Waals surface area contributed by atoms with Crippen molar-refractivity contribution in [2.24, 2.45) is 0 Å². The quantitative estimate of drug-likeness (QED) is 0.530. The minimum atomic E-state index is -0.537. The predicted octanol–water partition coefficient (Wildman–Crippen LogP) is 5.12. The fourth-order valence-electron chi connectivity index (χ4n) is 2.80. The highest BCUT2D eigenvalue weighted by atomic mass is 19.1. The summed E-state index contributed by atoms with van der Waals surface area (Å²) in [6.07, 6.45) is -0.537. The molecule has 0 atom stereocenters. The molecule has 0 aliphatic carbocycles. The number of hydrogen-bond acceptors (Lipinski definition) is 3. The second kappa shape index (κ2) is 7.29. The van der Waals surface area contributed by atoms with Crippen molar-refractivity contribution in [3.63, 3.8) is 0 Å². The fourth-order valence-corrected chi connectivity index (χ4v) is 2.80.